The normalized spacial score (nSPS) is 10.4. The van der Waals surface area contributed by atoms with Gasteiger partial charge < -0.3 is 9.88 Å². The number of imidazole rings is 1. The Bertz CT molecular complexity index is 592. The molecular weight excluding hydrogens is 244 g/mol. The van der Waals surface area contributed by atoms with Crippen molar-refractivity contribution in [1.29, 1.82) is 0 Å². The summed E-state index contributed by atoms with van der Waals surface area (Å²) in [5.74, 6) is 0.908. The van der Waals surface area contributed by atoms with Gasteiger partial charge in [0.15, 0.2) is 0 Å². The second kappa shape index (κ2) is 5.51. The summed E-state index contributed by atoms with van der Waals surface area (Å²) in [5, 5.41) is 14.0. The lowest BCUT2D eigenvalue weighted by molar-refractivity contribution is -0.385. The Morgan fingerprint density at radius 3 is 2.95 bits per heavy atom. The van der Waals surface area contributed by atoms with Crippen LogP contribution in [0.2, 0.25) is 0 Å². The van der Waals surface area contributed by atoms with Gasteiger partial charge in [-0.2, -0.15) is 0 Å². The zero-order chi connectivity index (χ0) is 13.8. The highest BCUT2D eigenvalue weighted by Gasteiger charge is 2.11. The zero-order valence-corrected chi connectivity index (χ0v) is 11.0. The van der Waals surface area contributed by atoms with E-state index in [1.807, 2.05) is 23.8 Å². The highest BCUT2D eigenvalue weighted by molar-refractivity contribution is 5.54. The molecule has 2 rings (SSSR count). The number of aromatic nitrogens is 2. The Morgan fingerprint density at radius 2 is 2.26 bits per heavy atom. The first-order valence-corrected chi connectivity index (χ1v) is 6.10. The molecule has 0 amide bonds. The van der Waals surface area contributed by atoms with Crippen molar-refractivity contribution in [1.82, 2.24) is 9.55 Å². The van der Waals surface area contributed by atoms with Gasteiger partial charge in [0.25, 0.3) is 5.69 Å². The fourth-order valence-electron chi connectivity index (χ4n) is 1.89. The highest BCUT2D eigenvalue weighted by Crippen LogP contribution is 2.22. The lowest BCUT2D eigenvalue weighted by Gasteiger charge is -2.08. The molecule has 0 fully saturated rings. The molecule has 100 valence electrons. The van der Waals surface area contributed by atoms with Gasteiger partial charge in [-0.15, -0.1) is 0 Å². The minimum absolute atomic E-state index is 0.129. The number of aryl methyl sites for hydroxylation is 2. The first-order chi connectivity index (χ1) is 9.11. The third kappa shape index (κ3) is 2.90. The van der Waals surface area contributed by atoms with Crippen LogP contribution in [0.1, 0.15) is 18.3 Å². The van der Waals surface area contributed by atoms with Crippen molar-refractivity contribution in [2.45, 2.75) is 26.9 Å². The Morgan fingerprint density at radius 1 is 1.47 bits per heavy atom. The van der Waals surface area contributed by atoms with E-state index in [9.17, 15) is 10.1 Å². The molecule has 0 spiro atoms. The van der Waals surface area contributed by atoms with Gasteiger partial charge in [0, 0.05) is 36.3 Å². The molecule has 0 aliphatic carbocycles. The lowest BCUT2D eigenvalue weighted by atomic mass is 10.2. The van der Waals surface area contributed by atoms with E-state index in [2.05, 4.69) is 10.3 Å². The molecule has 0 aliphatic rings. The van der Waals surface area contributed by atoms with E-state index in [4.69, 9.17) is 0 Å². The smallest absolute Gasteiger partial charge is 0.274 e. The van der Waals surface area contributed by atoms with Crippen LogP contribution in [0.25, 0.3) is 0 Å². The van der Waals surface area contributed by atoms with Crippen LogP contribution in [0, 0.1) is 17.0 Å². The number of nitrogens with zero attached hydrogens (tertiary/aromatic N) is 3. The van der Waals surface area contributed by atoms with Crippen molar-refractivity contribution in [3.8, 4) is 0 Å². The third-order valence-electron chi connectivity index (χ3n) is 3.00. The minimum Gasteiger partial charge on any atom is -0.378 e. The van der Waals surface area contributed by atoms with Crippen molar-refractivity contribution in [3.05, 3.63) is 52.1 Å². The second-order valence-electron chi connectivity index (χ2n) is 4.24. The van der Waals surface area contributed by atoms with Gasteiger partial charge in [0.05, 0.1) is 11.5 Å². The topological polar surface area (TPSA) is 73.0 Å². The average Bonchev–Trinajstić information content (AvgIpc) is 2.84. The predicted octanol–water partition coefficient (Wildman–Crippen LogP) is 2.73. The number of rotatable bonds is 5. The van der Waals surface area contributed by atoms with Crippen LogP contribution in [0.5, 0.6) is 0 Å². The molecule has 0 aliphatic heterocycles. The quantitative estimate of drug-likeness (QED) is 0.662. The van der Waals surface area contributed by atoms with Crippen LogP contribution in [-0.4, -0.2) is 14.5 Å². The van der Waals surface area contributed by atoms with Crippen LogP contribution in [0.15, 0.2) is 30.6 Å². The number of nitro groups is 1. The number of hydrogen-bond donors (Lipinski definition) is 1. The average molecular weight is 260 g/mol. The van der Waals surface area contributed by atoms with Gasteiger partial charge in [-0.05, 0) is 19.9 Å². The van der Waals surface area contributed by atoms with Gasteiger partial charge in [-0.1, -0.05) is 6.07 Å². The lowest BCUT2D eigenvalue weighted by Crippen LogP contribution is -2.07. The number of hydrogen-bond acceptors (Lipinski definition) is 4. The molecular formula is C13H16N4O2. The summed E-state index contributed by atoms with van der Waals surface area (Å²) in [6, 6.07) is 5.13. The maximum Gasteiger partial charge on any atom is 0.274 e. The van der Waals surface area contributed by atoms with Crippen molar-refractivity contribution in [2.75, 3.05) is 5.32 Å². The minimum atomic E-state index is -0.368. The monoisotopic (exact) mass is 260 g/mol. The summed E-state index contributed by atoms with van der Waals surface area (Å²) in [7, 11) is 0. The fraction of sp³-hybridized carbons (Fsp3) is 0.308. The number of benzene rings is 1. The standard InChI is InChI=1S/C13H16N4O2/c1-3-16-7-6-14-13(16)9-15-11-5-4-10(2)12(8-11)17(18)19/h4-8,15H,3,9H2,1-2H3. The fourth-order valence-corrected chi connectivity index (χ4v) is 1.89. The van der Waals surface area contributed by atoms with Gasteiger partial charge in [-0.25, -0.2) is 4.98 Å². The molecule has 19 heavy (non-hydrogen) atoms. The van der Waals surface area contributed by atoms with Crippen LogP contribution >= 0.6 is 0 Å². The summed E-state index contributed by atoms with van der Waals surface area (Å²) in [6.45, 7) is 5.17. The van der Waals surface area contributed by atoms with Crippen LogP contribution < -0.4 is 5.32 Å². The first kappa shape index (κ1) is 13.1. The van der Waals surface area contributed by atoms with E-state index in [0.717, 1.165) is 18.1 Å². The van der Waals surface area contributed by atoms with Gasteiger partial charge in [0.2, 0.25) is 0 Å². The number of nitrogens with one attached hydrogen (secondary N) is 1. The highest BCUT2D eigenvalue weighted by atomic mass is 16.6. The molecule has 2 aromatic rings. The molecule has 0 bridgehead atoms. The summed E-state index contributed by atoms with van der Waals surface area (Å²) in [6.07, 6.45) is 3.66. The largest absolute Gasteiger partial charge is 0.378 e. The van der Waals surface area contributed by atoms with Gasteiger partial charge in [-0.3, -0.25) is 10.1 Å². The first-order valence-electron chi connectivity index (χ1n) is 6.10. The zero-order valence-electron chi connectivity index (χ0n) is 11.0. The molecule has 0 radical (unpaired) electrons. The van der Waals surface area contributed by atoms with Crippen molar-refractivity contribution in [3.63, 3.8) is 0 Å². The second-order valence-corrected chi connectivity index (χ2v) is 4.24. The Balaban J connectivity index is 2.12. The van der Waals surface area contributed by atoms with E-state index in [0.29, 0.717) is 12.1 Å². The summed E-state index contributed by atoms with van der Waals surface area (Å²) in [4.78, 5) is 14.7. The van der Waals surface area contributed by atoms with E-state index < -0.39 is 0 Å². The maximum absolute atomic E-state index is 10.9. The van der Waals surface area contributed by atoms with Gasteiger partial charge in [0.1, 0.15) is 5.82 Å². The van der Waals surface area contributed by atoms with Crippen LogP contribution in [0.3, 0.4) is 0 Å². The molecule has 1 aromatic heterocycles. The van der Waals surface area contributed by atoms with Crippen molar-refractivity contribution >= 4 is 11.4 Å². The van der Waals surface area contributed by atoms with Crippen molar-refractivity contribution in [2.24, 2.45) is 0 Å². The summed E-state index contributed by atoms with van der Waals surface area (Å²) < 4.78 is 2.02. The van der Waals surface area contributed by atoms with E-state index in [1.54, 1.807) is 25.3 Å². The Labute approximate surface area is 111 Å². The molecule has 6 nitrogen and oxygen atoms in total. The molecule has 1 aromatic carbocycles. The molecule has 0 saturated heterocycles. The SMILES string of the molecule is CCn1ccnc1CNc1ccc(C)c([N+](=O)[O-])c1. The number of nitro benzene ring substituents is 1. The third-order valence-corrected chi connectivity index (χ3v) is 3.00. The molecule has 1 N–H and O–H groups in total. The maximum atomic E-state index is 10.9. The van der Waals surface area contributed by atoms with Crippen LogP contribution in [-0.2, 0) is 13.1 Å². The van der Waals surface area contributed by atoms with Crippen LogP contribution in [0.4, 0.5) is 11.4 Å². The molecule has 6 heteroatoms. The molecule has 0 atom stereocenters. The van der Waals surface area contributed by atoms with E-state index >= 15 is 0 Å². The molecule has 0 saturated carbocycles. The Hall–Kier alpha value is -2.37. The Kier molecular flexibility index (Phi) is 3.79. The summed E-state index contributed by atoms with van der Waals surface area (Å²) >= 11 is 0. The van der Waals surface area contributed by atoms with Crippen molar-refractivity contribution < 1.29 is 4.92 Å². The summed E-state index contributed by atoms with van der Waals surface area (Å²) in [5.41, 5.74) is 1.51. The predicted molar refractivity (Wildman–Crippen MR) is 73.1 cm³/mol. The molecule has 1 heterocycles. The van der Waals surface area contributed by atoms with E-state index in [-0.39, 0.29) is 10.6 Å². The number of anilines is 1. The molecule has 0 unspecified atom stereocenters. The van der Waals surface area contributed by atoms with E-state index in [1.165, 1.54) is 0 Å². The van der Waals surface area contributed by atoms with Gasteiger partial charge >= 0.3 is 0 Å².